The first-order valence-electron chi connectivity index (χ1n) is 9.82. The van der Waals surface area contributed by atoms with Crippen molar-refractivity contribution < 1.29 is 14.2 Å². The summed E-state index contributed by atoms with van der Waals surface area (Å²) in [6, 6.07) is 6.38. The Morgan fingerprint density at radius 2 is 1.97 bits per heavy atom. The molecule has 2 aromatic heterocycles. The van der Waals surface area contributed by atoms with Crippen LogP contribution in [0.15, 0.2) is 30.5 Å². The van der Waals surface area contributed by atoms with Crippen LogP contribution in [0.5, 0.6) is 11.5 Å². The molecule has 154 valence electrons. The molecule has 1 aliphatic rings. The number of nitrogens with one attached hydrogen (secondary N) is 3. The van der Waals surface area contributed by atoms with Crippen LogP contribution in [0.4, 0.5) is 15.9 Å². The topological polar surface area (TPSA) is 95.1 Å². The number of benzene rings is 1. The summed E-state index contributed by atoms with van der Waals surface area (Å²) < 4.78 is 20.3. The van der Waals surface area contributed by atoms with Crippen molar-refractivity contribution >= 4 is 22.5 Å². The van der Waals surface area contributed by atoms with Gasteiger partial charge in [-0.1, -0.05) is 12.8 Å². The molecule has 4 rings (SSSR count). The number of rotatable bonds is 6. The number of aromatic amines is 1. The maximum atomic E-state index is 14.4. The van der Waals surface area contributed by atoms with E-state index >= 15 is 0 Å². The monoisotopic (exact) mass is 399 g/mol. The van der Waals surface area contributed by atoms with Crippen molar-refractivity contribution in [3.8, 4) is 11.5 Å². The summed E-state index contributed by atoms with van der Waals surface area (Å²) in [5.41, 5.74) is -0.246. The Morgan fingerprint density at radius 3 is 2.62 bits per heavy atom. The van der Waals surface area contributed by atoms with Crippen molar-refractivity contribution in [2.45, 2.75) is 50.7 Å². The van der Waals surface area contributed by atoms with Crippen molar-refractivity contribution in [3.05, 3.63) is 36.3 Å². The van der Waals surface area contributed by atoms with Crippen LogP contribution in [-0.4, -0.2) is 38.5 Å². The van der Waals surface area contributed by atoms with Gasteiger partial charge in [0.25, 0.3) is 0 Å². The molecule has 1 saturated carbocycles. The molecule has 0 aliphatic heterocycles. The Kier molecular flexibility index (Phi) is 4.82. The fraction of sp³-hybridized carbons (Fsp3) is 0.429. The number of H-pyrrole nitrogens is 1. The zero-order chi connectivity index (χ0) is 20.6. The maximum absolute atomic E-state index is 14.4. The van der Waals surface area contributed by atoms with E-state index < -0.39 is 17.0 Å². The van der Waals surface area contributed by atoms with E-state index in [9.17, 15) is 9.50 Å². The minimum atomic E-state index is -0.937. The van der Waals surface area contributed by atoms with Crippen LogP contribution in [0.25, 0.3) is 11.0 Å². The largest absolute Gasteiger partial charge is 0.453 e. The standard InChI is InChI=1S/C21H26FN5O2/c1-20(2,28)21(9-4-5-10-21)25-19-17-16(8-11-24-18(17)26-27-19)29-15-7-6-13(23-3)12-14(15)22/h6-8,11-12,23,28H,4-5,9-10H2,1-3H3,(H2,24,25,26,27). The Labute approximate surface area is 168 Å². The summed E-state index contributed by atoms with van der Waals surface area (Å²) >= 11 is 0. The van der Waals surface area contributed by atoms with Crippen molar-refractivity contribution in [2.75, 3.05) is 17.7 Å². The highest BCUT2D eigenvalue weighted by Crippen LogP contribution is 2.43. The average molecular weight is 399 g/mol. The molecule has 0 saturated heterocycles. The number of nitrogens with zero attached hydrogens (tertiary/aromatic N) is 2. The smallest absolute Gasteiger partial charge is 0.167 e. The number of ether oxygens (including phenoxy) is 1. The first-order chi connectivity index (χ1) is 13.8. The lowest BCUT2D eigenvalue weighted by atomic mass is 9.80. The molecule has 7 nitrogen and oxygen atoms in total. The second-order valence-corrected chi connectivity index (χ2v) is 8.08. The van der Waals surface area contributed by atoms with Gasteiger partial charge in [0.2, 0.25) is 0 Å². The lowest BCUT2D eigenvalue weighted by Gasteiger charge is -2.41. The van der Waals surface area contributed by atoms with Gasteiger partial charge in [-0.2, -0.15) is 5.10 Å². The number of anilines is 2. The van der Waals surface area contributed by atoms with Gasteiger partial charge in [0, 0.05) is 31.1 Å². The molecule has 3 aromatic rings. The van der Waals surface area contributed by atoms with Gasteiger partial charge in [0.1, 0.15) is 11.1 Å². The number of halogens is 1. The van der Waals surface area contributed by atoms with Gasteiger partial charge in [-0.3, -0.25) is 5.10 Å². The molecule has 0 unspecified atom stereocenters. The predicted molar refractivity (Wildman–Crippen MR) is 111 cm³/mol. The minimum absolute atomic E-state index is 0.113. The van der Waals surface area contributed by atoms with Crippen LogP contribution in [0.3, 0.4) is 0 Å². The lowest BCUT2D eigenvalue weighted by Crippen LogP contribution is -2.54. The van der Waals surface area contributed by atoms with Crippen molar-refractivity contribution in [1.29, 1.82) is 0 Å². The minimum Gasteiger partial charge on any atom is -0.453 e. The van der Waals surface area contributed by atoms with E-state index in [1.54, 1.807) is 31.4 Å². The van der Waals surface area contributed by atoms with Crippen molar-refractivity contribution in [2.24, 2.45) is 0 Å². The normalized spacial score (nSPS) is 16.2. The third-order valence-electron chi connectivity index (χ3n) is 5.85. The lowest BCUT2D eigenvalue weighted by molar-refractivity contribution is 0.0107. The molecule has 8 heteroatoms. The molecule has 0 spiro atoms. The molecule has 1 aliphatic carbocycles. The molecular formula is C21H26FN5O2. The highest BCUT2D eigenvalue weighted by Gasteiger charge is 2.46. The fourth-order valence-electron chi connectivity index (χ4n) is 4.05. The molecule has 0 atom stereocenters. The Balaban J connectivity index is 1.73. The molecule has 29 heavy (non-hydrogen) atoms. The van der Waals surface area contributed by atoms with Crippen LogP contribution in [0.1, 0.15) is 39.5 Å². The summed E-state index contributed by atoms with van der Waals surface area (Å²) in [6.45, 7) is 3.63. The van der Waals surface area contributed by atoms with Gasteiger partial charge in [0.05, 0.1) is 11.1 Å². The van der Waals surface area contributed by atoms with Crippen LogP contribution < -0.4 is 15.4 Å². The number of hydrogen-bond donors (Lipinski definition) is 4. The molecular weight excluding hydrogens is 373 g/mol. The number of hydrogen-bond acceptors (Lipinski definition) is 6. The van der Waals surface area contributed by atoms with E-state index in [1.165, 1.54) is 6.07 Å². The molecule has 0 amide bonds. The highest BCUT2D eigenvalue weighted by molar-refractivity contribution is 5.93. The zero-order valence-corrected chi connectivity index (χ0v) is 16.8. The van der Waals surface area contributed by atoms with Crippen LogP contribution >= 0.6 is 0 Å². The Hall–Kier alpha value is -2.87. The first-order valence-corrected chi connectivity index (χ1v) is 9.82. The number of aromatic nitrogens is 3. The summed E-state index contributed by atoms with van der Waals surface area (Å²) in [5, 5.41) is 25.1. The van der Waals surface area contributed by atoms with E-state index in [1.807, 2.05) is 13.8 Å². The summed E-state index contributed by atoms with van der Waals surface area (Å²) in [5.74, 6) is 0.621. The van der Waals surface area contributed by atoms with Gasteiger partial charge in [-0.05, 0) is 38.8 Å². The van der Waals surface area contributed by atoms with Gasteiger partial charge in [-0.25, -0.2) is 9.37 Å². The van der Waals surface area contributed by atoms with E-state index in [-0.39, 0.29) is 5.75 Å². The molecule has 4 N–H and O–H groups in total. The van der Waals surface area contributed by atoms with E-state index in [0.717, 1.165) is 25.7 Å². The predicted octanol–water partition coefficient (Wildman–Crippen LogP) is 4.43. The van der Waals surface area contributed by atoms with Gasteiger partial charge < -0.3 is 20.5 Å². The summed E-state index contributed by atoms with van der Waals surface area (Å²) in [7, 11) is 1.73. The zero-order valence-electron chi connectivity index (χ0n) is 16.8. The van der Waals surface area contributed by atoms with E-state index in [2.05, 4.69) is 25.8 Å². The quantitative estimate of drug-likeness (QED) is 0.490. The van der Waals surface area contributed by atoms with Crippen LogP contribution in [0, 0.1) is 5.82 Å². The average Bonchev–Trinajstić information content (AvgIpc) is 3.32. The van der Waals surface area contributed by atoms with Crippen molar-refractivity contribution in [1.82, 2.24) is 15.2 Å². The van der Waals surface area contributed by atoms with E-state index in [4.69, 9.17) is 4.74 Å². The number of aliphatic hydroxyl groups is 1. The number of pyridine rings is 1. The molecule has 1 fully saturated rings. The van der Waals surface area contributed by atoms with Crippen LogP contribution in [0.2, 0.25) is 0 Å². The fourth-order valence-corrected chi connectivity index (χ4v) is 4.05. The van der Waals surface area contributed by atoms with E-state index in [0.29, 0.717) is 28.3 Å². The van der Waals surface area contributed by atoms with Gasteiger partial charge in [0.15, 0.2) is 23.0 Å². The Morgan fingerprint density at radius 1 is 1.21 bits per heavy atom. The third-order valence-corrected chi connectivity index (χ3v) is 5.85. The highest BCUT2D eigenvalue weighted by atomic mass is 19.1. The van der Waals surface area contributed by atoms with Crippen LogP contribution in [-0.2, 0) is 0 Å². The molecule has 2 heterocycles. The second-order valence-electron chi connectivity index (χ2n) is 8.08. The first kappa shape index (κ1) is 19.4. The van der Waals surface area contributed by atoms with Gasteiger partial charge >= 0.3 is 0 Å². The third kappa shape index (κ3) is 3.48. The summed E-state index contributed by atoms with van der Waals surface area (Å²) in [4.78, 5) is 4.31. The second kappa shape index (κ2) is 7.18. The summed E-state index contributed by atoms with van der Waals surface area (Å²) in [6.07, 6.45) is 5.32. The van der Waals surface area contributed by atoms with Crippen molar-refractivity contribution in [3.63, 3.8) is 0 Å². The molecule has 1 aromatic carbocycles. The molecule has 0 bridgehead atoms. The number of fused-ring (bicyclic) bond motifs is 1. The Bertz CT molecular complexity index is 1020. The molecule has 0 radical (unpaired) electrons. The SMILES string of the molecule is CNc1ccc(Oc2ccnc3[nH]nc(NC4(C(C)(C)O)CCCC4)c23)c(F)c1. The van der Waals surface area contributed by atoms with Gasteiger partial charge in [-0.15, -0.1) is 0 Å². The maximum Gasteiger partial charge on any atom is 0.167 e.